The number of amides is 1. The molecule has 0 radical (unpaired) electrons. The topological polar surface area (TPSA) is 70.2 Å². The smallest absolute Gasteiger partial charge is 0.224 e. The Balaban J connectivity index is 1.49. The van der Waals surface area contributed by atoms with E-state index in [9.17, 15) is 4.79 Å². The van der Waals surface area contributed by atoms with Gasteiger partial charge < -0.3 is 15.5 Å². The first-order valence-electron chi connectivity index (χ1n) is 9.52. The van der Waals surface area contributed by atoms with Crippen LogP contribution >= 0.6 is 34.8 Å². The number of carbonyl (C=O) groups excluding carboxylic acids is 1. The van der Waals surface area contributed by atoms with Crippen LogP contribution in [0.4, 0.5) is 11.8 Å². The Morgan fingerprint density at radius 2 is 1.72 bits per heavy atom. The van der Waals surface area contributed by atoms with Gasteiger partial charge in [0.1, 0.15) is 5.82 Å². The summed E-state index contributed by atoms with van der Waals surface area (Å²) in [6, 6.07) is 5.57. The summed E-state index contributed by atoms with van der Waals surface area (Å²) in [5, 5.41) is 7.66. The highest BCUT2D eigenvalue weighted by molar-refractivity contribution is 6.44. The zero-order valence-electron chi connectivity index (χ0n) is 16.4. The van der Waals surface area contributed by atoms with Crippen LogP contribution in [0.15, 0.2) is 24.4 Å². The van der Waals surface area contributed by atoms with Crippen molar-refractivity contribution < 1.29 is 4.79 Å². The fourth-order valence-corrected chi connectivity index (χ4v) is 4.08. The number of nitrogens with one attached hydrogen (secondary N) is 2. The second-order valence-corrected chi connectivity index (χ2v) is 8.58. The summed E-state index contributed by atoms with van der Waals surface area (Å²) < 4.78 is 0. The Morgan fingerprint density at radius 3 is 2.41 bits per heavy atom. The molecule has 1 aromatic carbocycles. The van der Waals surface area contributed by atoms with Gasteiger partial charge in [-0.3, -0.25) is 4.79 Å². The van der Waals surface area contributed by atoms with Crippen molar-refractivity contribution in [3.63, 3.8) is 0 Å². The van der Waals surface area contributed by atoms with Gasteiger partial charge >= 0.3 is 0 Å². The number of halogens is 3. The van der Waals surface area contributed by atoms with E-state index in [1.165, 1.54) is 0 Å². The molecule has 1 aliphatic carbocycles. The summed E-state index contributed by atoms with van der Waals surface area (Å²) in [7, 11) is 3.90. The third-order valence-corrected chi connectivity index (χ3v) is 6.20. The highest BCUT2D eigenvalue weighted by Gasteiger charge is 2.24. The molecule has 1 aliphatic rings. The van der Waals surface area contributed by atoms with Crippen LogP contribution in [0.25, 0.3) is 0 Å². The fourth-order valence-electron chi connectivity index (χ4n) is 3.40. The molecule has 0 bridgehead atoms. The normalized spacial score (nSPS) is 18.9. The van der Waals surface area contributed by atoms with E-state index in [-0.39, 0.29) is 24.4 Å². The molecule has 6 nitrogen and oxygen atoms in total. The molecule has 1 aromatic heterocycles. The lowest BCUT2D eigenvalue weighted by Crippen LogP contribution is -2.41. The van der Waals surface area contributed by atoms with E-state index in [4.69, 9.17) is 34.8 Å². The molecule has 1 fully saturated rings. The van der Waals surface area contributed by atoms with Gasteiger partial charge in [-0.2, -0.15) is 4.98 Å². The number of aromatic nitrogens is 2. The molecule has 0 saturated heterocycles. The third kappa shape index (κ3) is 5.87. The number of carbonyl (C=O) groups is 1. The summed E-state index contributed by atoms with van der Waals surface area (Å²) in [4.78, 5) is 23.2. The zero-order chi connectivity index (χ0) is 21.0. The minimum Gasteiger partial charge on any atom is -0.363 e. The van der Waals surface area contributed by atoms with Gasteiger partial charge in [-0.15, -0.1) is 0 Å². The molecular weight excluding hydrogens is 433 g/mol. The molecule has 2 aromatic rings. The third-order valence-electron chi connectivity index (χ3n) is 5.00. The predicted molar refractivity (Wildman–Crippen MR) is 119 cm³/mol. The number of benzene rings is 1. The second kappa shape index (κ2) is 9.83. The lowest BCUT2D eigenvalue weighted by atomic mass is 9.91. The van der Waals surface area contributed by atoms with Gasteiger partial charge in [0, 0.05) is 43.0 Å². The van der Waals surface area contributed by atoms with Gasteiger partial charge in [0.2, 0.25) is 11.9 Å². The number of nitrogens with zero attached hydrogens (tertiary/aromatic N) is 3. The van der Waals surface area contributed by atoms with Crippen LogP contribution in [-0.4, -0.2) is 42.1 Å². The van der Waals surface area contributed by atoms with Crippen LogP contribution in [0.1, 0.15) is 31.2 Å². The van der Waals surface area contributed by atoms with Gasteiger partial charge in [0.15, 0.2) is 0 Å². The van der Waals surface area contributed by atoms with Crippen LogP contribution in [0.2, 0.25) is 15.1 Å². The minimum atomic E-state index is -0.102. The predicted octanol–water partition coefficient (Wildman–Crippen LogP) is 4.58. The summed E-state index contributed by atoms with van der Waals surface area (Å²) in [5.74, 6) is 1.39. The van der Waals surface area contributed by atoms with Crippen molar-refractivity contribution in [2.75, 3.05) is 24.3 Å². The maximum Gasteiger partial charge on any atom is 0.224 e. The fraction of sp³-hybridized carbons (Fsp3) is 0.450. The quantitative estimate of drug-likeness (QED) is 0.622. The van der Waals surface area contributed by atoms with Crippen molar-refractivity contribution in [2.45, 2.75) is 44.2 Å². The Bertz CT molecular complexity index is 869. The van der Waals surface area contributed by atoms with Crippen LogP contribution in [0.3, 0.4) is 0 Å². The molecule has 0 atom stereocenters. The molecular formula is C20H24Cl3N5O. The molecule has 0 aliphatic heterocycles. The molecule has 1 amide bonds. The van der Waals surface area contributed by atoms with Crippen molar-refractivity contribution in [3.05, 3.63) is 45.0 Å². The highest BCUT2D eigenvalue weighted by Crippen LogP contribution is 2.32. The highest BCUT2D eigenvalue weighted by atomic mass is 35.5. The number of hydrogen-bond donors (Lipinski definition) is 2. The molecule has 0 spiro atoms. The summed E-state index contributed by atoms with van der Waals surface area (Å²) in [5.41, 5.74) is 0.562. The Morgan fingerprint density at radius 1 is 1.07 bits per heavy atom. The van der Waals surface area contributed by atoms with Gasteiger partial charge in [0.05, 0.1) is 16.5 Å². The van der Waals surface area contributed by atoms with Gasteiger partial charge in [-0.1, -0.05) is 34.8 Å². The van der Waals surface area contributed by atoms with Crippen molar-refractivity contribution in [2.24, 2.45) is 0 Å². The summed E-state index contributed by atoms with van der Waals surface area (Å²) in [6.45, 7) is 0. The Labute approximate surface area is 186 Å². The van der Waals surface area contributed by atoms with Crippen LogP contribution in [0, 0.1) is 0 Å². The van der Waals surface area contributed by atoms with E-state index in [2.05, 4.69) is 20.6 Å². The van der Waals surface area contributed by atoms with Crippen molar-refractivity contribution in [1.29, 1.82) is 0 Å². The number of hydrogen-bond acceptors (Lipinski definition) is 5. The maximum atomic E-state index is 12.5. The summed E-state index contributed by atoms with van der Waals surface area (Å²) in [6.07, 6.45) is 5.49. The molecule has 0 unspecified atom stereocenters. The Hall–Kier alpha value is -1.76. The van der Waals surface area contributed by atoms with Crippen molar-refractivity contribution in [1.82, 2.24) is 15.3 Å². The van der Waals surface area contributed by atoms with E-state index in [1.807, 2.05) is 25.1 Å². The van der Waals surface area contributed by atoms with E-state index < -0.39 is 0 Å². The summed E-state index contributed by atoms with van der Waals surface area (Å²) >= 11 is 18.4. The van der Waals surface area contributed by atoms with E-state index in [0.29, 0.717) is 26.6 Å². The molecule has 1 saturated carbocycles. The van der Waals surface area contributed by atoms with Crippen LogP contribution < -0.4 is 15.5 Å². The minimum absolute atomic E-state index is 0.102. The molecule has 1 heterocycles. The van der Waals surface area contributed by atoms with Crippen LogP contribution in [-0.2, 0) is 11.2 Å². The van der Waals surface area contributed by atoms with Crippen molar-refractivity contribution in [3.8, 4) is 0 Å². The zero-order valence-corrected chi connectivity index (χ0v) is 18.7. The first kappa shape index (κ1) is 21.9. The average molecular weight is 457 g/mol. The standard InChI is InChI=1S/C20H24Cl3N5O/c1-28(2)17-9-10-24-20(27-17)26-13-5-3-12(4-6-13)25-18(29)11-14-15(21)7-8-16(22)19(14)23/h7-10,12-13H,3-6,11H2,1-2H3,(H,25,29)(H,24,26,27). The first-order valence-corrected chi connectivity index (χ1v) is 10.7. The molecule has 9 heteroatoms. The van der Waals surface area contributed by atoms with E-state index in [1.54, 1.807) is 18.3 Å². The molecule has 3 rings (SSSR count). The Kier molecular flexibility index (Phi) is 7.44. The average Bonchev–Trinajstić information content (AvgIpc) is 2.70. The first-order chi connectivity index (χ1) is 13.8. The molecule has 156 valence electrons. The largest absolute Gasteiger partial charge is 0.363 e. The SMILES string of the molecule is CN(C)c1ccnc(NC2CCC(NC(=O)Cc3c(Cl)ccc(Cl)c3Cl)CC2)n1. The lowest BCUT2D eigenvalue weighted by Gasteiger charge is -2.30. The lowest BCUT2D eigenvalue weighted by molar-refractivity contribution is -0.121. The van der Waals surface area contributed by atoms with Crippen molar-refractivity contribution >= 4 is 52.5 Å². The van der Waals surface area contributed by atoms with E-state index in [0.717, 1.165) is 31.5 Å². The molecule has 2 N–H and O–H groups in total. The number of rotatable bonds is 6. The number of anilines is 2. The second-order valence-electron chi connectivity index (χ2n) is 7.39. The van der Waals surface area contributed by atoms with Gasteiger partial charge in [-0.25, -0.2) is 4.98 Å². The van der Waals surface area contributed by atoms with Crippen LogP contribution in [0.5, 0.6) is 0 Å². The monoisotopic (exact) mass is 455 g/mol. The van der Waals surface area contributed by atoms with E-state index >= 15 is 0 Å². The maximum absolute atomic E-state index is 12.5. The molecule has 29 heavy (non-hydrogen) atoms. The van der Waals surface area contributed by atoms with Gasteiger partial charge in [-0.05, 0) is 43.9 Å². The van der Waals surface area contributed by atoms with Gasteiger partial charge in [0.25, 0.3) is 0 Å².